The van der Waals surface area contributed by atoms with Gasteiger partial charge in [-0.3, -0.25) is 4.79 Å². The van der Waals surface area contributed by atoms with Crippen LogP contribution in [0.2, 0.25) is 0 Å². The summed E-state index contributed by atoms with van der Waals surface area (Å²) >= 11 is 0. The lowest BCUT2D eigenvalue weighted by Crippen LogP contribution is -1.97. The number of benzene rings is 1. The van der Waals surface area contributed by atoms with Crippen LogP contribution >= 0.6 is 0 Å². The number of aliphatic carboxylic acids is 1. The quantitative estimate of drug-likeness (QED) is 0.611. The first-order valence-corrected chi connectivity index (χ1v) is 4.22. The highest BCUT2D eigenvalue weighted by Crippen LogP contribution is 2.13. The minimum atomic E-state index is -1.14. The summed E-state index contributed by atoms with van der Waals surface area (Å²) in [6.45, 7) is 1.34. The molecule has 3 nitrogen and oxygen atoms in total. The topological polar surface area (TPSA) is 54.4 Å². The fraction of sp³-hybridized carbons (Fsp3) is 0.0909. The smallest absolute Gasteiger partial charge is 0.328 e. The zero-order chi connectivity index (χ0) is 11.4. The van der Waals surface area contributed by atoms with Crippen LogP contribution in [-0.2, 0) is 4.79 Å². The third kappa shape index (κ3) is 3.02. The number of Topliss-reactive ketones (excluding diaryl/α,β-unsaturated/α-hetero) is 1. The van der Waals surface area contributed by atoms with E-state index in [4.69, 9.17) is 5.11 Å². The molecule has 0 amide bonds. The second kappa shape index (κ2) is 4.50. The Labute approximate surface area is 85.8 Å². The average Bonchev–Trinajstić information content (AvgIpc) is 2.14. The van der Waals surface area contributed by atoms with Crippen LogP contribution in [0.5, 0.6) is 0 Å². The van der Waals surface area contributed by atoms with Crippen LogP contribution in [0.4, 0.5) is 4.39 Å². The Morgan fingerprint density at radius 2 is 2.07 bits per heavy atom. The first-order valence-electron chi connectivity index (χ1n) is 4.22. The van der Waals surface area contributed by atoms with Crippen molar-refractivity contribution >= 4 is 17.8 Å². The lowest BCUT2D eigenvalue weighted by Gasteiger charge is -2.01. The van der Waals surface area contributed by atoms with Crippen LogP contribution in [0.15, 0.2) is 24.3 Å². The van der Waals surface area contributed by atoms with Crippen molar-refractivity contribution in [1.29, 1.82) is 0 Å². The number of halogens is 1. The molecule has 0 unspecified atom stereocenters. The summed E-state index contributed by atoms with van der Waals surface area (Å²) in [7, 11) is 0. The minimum absolute atomic E-state index is 0.236. The van der Waals surface area contributed by atoms with Gasteiger partial charge in [0, 0.05) is 11.6 Å². The van der Waals surface area contributed by atoms with E-state index < -0.39 is 11.8 Å². The van der Waals surface area contributed by atoms with Crippen LogP contribution < -0.4 is 0 Å². The van der Waals surface area contributed by atoms with E-state index >= 15 is 0 Å². The SMILES string of the molecule is CC(=O)c1ccc(F)cc1C=CC(=O)O. The van der Waals surface area contributed by atoms with Gasteiger partial charge in [0.1, 0.15) is 5.82 Å². The maximum atomic E-state index is 12.8. The predicted molar refractivity (Wildman–Crippen MR) is 53.1 cm³/mol. The number of carbonyl (C=O) groups is 2. The monoisotopic (exact) mass is 208 g/mol. The molecule has 0 saturated heterocycles. The van der Waals surface area contributed by atoms with Crippen molar-refractivity contribution in [2.45, 2.75) is 6.92 Å². The summed E-state index contributed by atoms with van der Waals surface area (Å²) in [5.41, 5.74) is 0.568. The summed E-state index contributed by atoms with van der Waals surface area (Å²) in [5.74, 6) is -1.89. The maximum absolute atomic E-state index is 12.8. The molecule has 78 valence electrons. The normalized spacial score (nSPS) is 10.5. The van der Waals surface area contributed by atoms with Crippen LogP contribution in [0.25, 0.3) is 6.08 Å². The van der Waals surface area contributed by atoms with E-state index in [1.807, 2.05) is 0 Å². The number of rotatable bonds is 3. The van der Waals surface area contributed by atoms with Crippen molar-refractivity contribution in [2.75, 3.05) is 0 Å². The average molecular weight is 208 g/mol. The van der Waals surface area contributed by atoms with Gasteiger partial charge < -0.3 is 5.11 Å². The van der Waals surface area contributed by atoms with Gasteiger partial charge in [0.15, 0.2) is 5.78 Å². The first kappa shape index (κ1) is 11.1. The highest BCUT2D eigenvalue weighted by Gasteiger charge is 2.06. The molecule has 15 heavy (non-hydrogen) atoms. The van der Waals surface area contributed by atoms with E-state index in [0.717, 1.165) is 18.2 Å². The minimum Gasteiger partial charge on any atom is -0.478 e. The lowest BCUT2D eigenvalue weighted by molar-refractivity contribution is -0.131. The van der Waals surface area contributed by atoms with E-state index in [0.29, 0.717) is 5.56 Å². The van der Waals surface area contributed by atoms with Crippen LogP contribution in [0.1, 0.15) is 22.8 Å². The molecule has 1 aromatic rings. The van der Waals surface area contributed by atoms with Gasteiger partial charge in [0.25, 0.3) is 0 Å². The number of carboxylic acids is 1. The fourth-order valence-electron chi connectivity index (χ4n) is 1.15. The van der Waals surface area contributed by atoms with E-state index in [2.05, 4.69) is 0 Å². The number of ketones is 1. The van der Waals surface area contributed by atoms with Crippen molar-refractivity contribution in [3.63, 3.8) is 0 Å². The molecule has 1 rings (SSSR count). The van der Waals surface area contributed by atoms with Crippen LogP contribution in [-0.4, -0.2) is 16.9 Å². The Morgan fingerprint density at radius 1 is 1.40 bits per heavy atom. The molecule has 0 saturated carbocycles. The summed E-state index contributed by atoms with van der Waals surface area (Å²) in [5, 5.41) is 8.41. The van der Waals surface area contributed by atoms with Crippen LogP contribution in [0, 0.1) is 5.82 Å². The summed E-state index contributed by atoms with van der Waals surface area (Å²) in [6, 6.07) is 3.62. The van der Waals surface area contributed by atoms with Crippen LogP contribution in [0.3, 0.4) is 0 Å². The van der Waals surface area contributed by atoms with Crippen molar-refractivity contribution in [1.82, 2.24) is 0 Å². The number of carbonyl (C=O) groups excluding carboxylic acids is 1. The van der Waals surface area contributed by atoms with Gasteiger partial charge in [-0.25, -0.2) is 9.18 Å². The van der Waals surface area contributed by atoms with Gasteiger partial charge in [-0.1, -0.05) is 0 Å². The molecule has 0 fully saturated rings. The summed E-state index contributed by atoms with van der Waals surface area (Å²) in [4.78, 5) is 21.4. The largest absolute Gasteiger partial charge is 0.478 e. The van der Waals surface area contributed by atoms with Crippen molar-refractivity contribution < 1.29 is 19.1 Å². The molecule has 0 aliphatic rings. The molecule has 0 radical (unpaired) electrons. The van der Waals surface area contributed by atoms with Gasteiger partial charge in [-0.05, 0) is 36.8 Å². The van der Waals surface area contributed by atoms with E-state index in [1.54, 1.807) is 0 Å². The van der Waals surface area contributed by atoms with Crippen molar-refractivity contribution in [3.8, 4) is 0 Å². The predicted octanol–water partition coefficient (Wildman–Crippen LogP) is 2.13. The summed E-state index contributed by atoms with van der Waals surface area (Å²) < 4.78 is 12.8. The number of hydrogen-bond donors (Lipinski definition) is 1. The van der Waals surface area contributed by atoms with Gasteiger partial charge in [-0.2, -0.15) is 0 Å². The first-order chi connectivity index (χ1) is 7.00. The molecule has 4 heteroatoms. The molecule has 0 spiro atoms. The van der Waals surface area contributed by atoms with E-state index in [1.165, 1.54) is 19.1 Å². The molecule has 0 bridgehead atoms. The summed E-state index contributed by atoms with van der Waals surface area (Å²) in [6.07, 6.45) is 2.06. The zero-order valence-corrected chi connectivity index (χ0v) is 8.03. The Kier molecular flexibility index (Phi) is 3.33. The highest BCUT2D eigenvalue weighted by atomic mass is 19.1. The molecule has 0 aromatic heterocycles. The Morgan fingerprint density at radius 3 is 2.60 bits per heavy atom. The third-order valence-electron chi connectivity index (χ3n) is 1.80. The molecule has 1 N–H and O–H groups in total. The third-order valence-corrected chi connectivity index (χ3v) is 1.80. The zero-order valence-electron chi connectivity index (χ0n) is 8.03. The van der Waals surface area contributed by atoms with E-state index in [-0.39, 0.29) is 11.3 Å². The van der Waals surface area contributed by atoms with Gasteiger partial charge in [0.2, 0.25) is 0 Å². The molecule has 0 atom stereocenters. The standard InChI is InChI=1S/C11H9FO3/c1-7(13)10-4-3-9(12)6-8(10)2-5-11(14)15/h2-6H,1H3,(H,14,15). The fourth-order valence-corrected chi connectivity index (χ4v) is 1.15. The molecular formula is C11H9FO3. The molecule has 1 aromatic carbocycles. The number of carboxylic acid groups (broad SMARTS) is 1. The van der Waals surface area contributed by atoms with E-state index in [9.17, 15) is 14.0 Å². The van der Waals surface area contributed by atoms with Gasteiger partial charge >= 0.3 is 5.97 Å². The molecule has 0 heterocycles. The lowest BCUT2D eigenvalue weighted by atomic mass is 10.0. The Bertz CT molecular complexity index is 435. The molecular weight excluding hydrogens is 199 g/mol. The van der Waals surface area contributed by atoms with Crippen molar-refractivity contribution in [2.24, 2.45) is 0 Å². The molecule has 0 aliphatic heterocycles. The second-order valence-corrected chi connectivity index (χ2v) is 2.96. The Hall–Kier alpha value is -1.97. The van der Waals surface area contributed by atoms with Gasteiger partial charge in [-0.15, -0.1) is 0 Å². The Balaban J connectivity index is 3.18. The van der Waals surface area contributed by atoms with Crippen molar-refractivity contribution in [3.05, 3.63) is 41.2 Å². The highest BCUT2D eigenvalue weighted by molar-refractivity contribution is 5.98. The van der Waals surface area contributed by atoms with Gasteiger partial charge in [0.05, 0.1) is 0 Å². The number of hydrogen-bond acceptors (Lipinski definition) is 2. The molecule has 0 aliphatic carbocycles. The second-order valence-electron chi connectivity index (χ2n) is 2.96. The maximum Gasteiger partial charge on any atom is 0.328 e.